The smallest absolute Gasteiger partial charge is 0.0856 e. The second kappa shape index (κ2) is 13.2. The molecule has 5 rings (SSSR count). The molecule has 1 fully saturated rings. The lowest BCUT2D eigenvalue weighted by Gasteiger charge is -2.25. The molecule has 0 N–H and O–H groups in total. The summed E-state index contributed by atoms with van der Waals surface area (Å²) < 4.78 is 26.7. The van der Waals surface area contributed by atoms with E-state index in [0.717, 1.165) is 67.5 Å². The first kappa shape index (κ1) is 28.1. The fourth-order valence-corrected chi connectivity index (χ4v) is 7.23. The normalized spacial score (nSPS) is 19.1. The first-order chi connectivity index (χ1) is 19.5. The summed E-state index contributed by atoms with van der Waals surface area (Å²) in [7, 11) is -2.57. The van der Waals surface area contributed by atoms with Crippen molar-refractivity contribution < 1.29 is 8.42 Å². The van der Waals surface area contributed by atoms with Crippen LogP contribution in [0.2, 0.25) is 0 Å². The minimum Gasteiger partial charge on any atom is -0.287 e. The van der Waals surface area contributed by atoms with E-state index in [1.165, 1.54) is 0 Å². The molecule has 1 saturated carbocycles. The van der Waals surface area contributed by atoms with Crippen molar-refractivity contribution in [1.82, 2.24) is 0 Å². The average molecular weight is 567 g/mol. The molecule has 1 aliphatic rings. The van der Waals surface area contributed by atoms with E-state index in [-0.39, 0.29) is 12.1 Å². The summed E-state index contributed by atoms with van der Waals surface area (Å²) in [4.78, 5) is 13.1. The van der Waals surface area contributed by atoms with Crippen molar-refractivity contribution in [3.8, 4) is 0 Å². The van der Waals surface area contributed by atoms with Gasteiger partial charge in [0.1, 0.15) is 0 Å². The summed E-state index contributed by atoms with van der Waals surface area (Å²) in [6.45, 7) is 4.05. The van der Waals surface area contributed by atoms with E-state index in [0.29, 0.717) is 0 Å². The minimum absolute atomic E-state index is 0.0422. The van der Waals surface area contributed by atoms with Crippen LogP contribution in [0.1, 0.15) is 47.9 Å². The van der Waals surface area contributed by atoms with Crippen LogP contribution in [0.4, 0.5) is 0 Å². The van der Waals surface area contributed by atoms with Gasteiger partial charge in [-0.2, -0.15) is 0 Å². The van der Waals surface area contributed by atoms with Gasteiger partial charge in [0.15, 0.2) is 0 Å². The summed E-state index contributed by atoms with van der Waals surface area (Å²) in [6.07, 6.45) is 7.88. The summed E-state index contributed by atoms with van der Waals surface area (Å²) in [5.74, 6) is 0. The molecule has 0 bridgehead atoms. The largest absolute Gasteiger partial charge is 0.287 e. The highest BCUT2D eigenvalue weighted by Crippen LogP contribution is 2.26. The van der Waals surface area contributed by atoms with E-state index in [2.05, 4.69) is 0 Å². The van der Waals surface area contributed by atoms with Gasteiger partial charge in [0.05, 0.1) is 43.5 Å². The van der Waals surface area contributed by atoms with Crippen LogP contribution in [-0.2, 0) is 21.6 Å². The second-order valence-electron chi connectivity index (χ2n) is 10.2. The Balaban J connectivity index is 1.36. The van der Waals surface area contributed by atoms with E-state index < -0.39 is 21.6 Å². The molecule has 4 nitrogen and oxygen atoms in total. The summed E-state index contributed by atoms with van der Waals surface area (Å²) in [5, 5.41) is 0. The third-order valence-corrected chi connectivity index (χ3v) is 10.2. The van der Waals surface area contributed by atoms with E-state index in [9.17, 15) is 8.42 Å². The van der Waals surface area contributed by atoms with Gasteiger partial charge in [0.2, 0.25) is 0 Å². The molecule has 4 atom stereocenters. The number of hydrogen-bond donors (Lipinski definition) is 0. The zero-order valence-electron chi connectivity index (χ0n) is 22.9. The van der Waals surface area contributed by atoms with Gasteiger partial charge in [-0.05, 0) is 63.1 Å². The number of nitrogens with zero attached hydrogens (tertiary/aromatic N) is 2. The third-order valence-electron chi connectivity index (χ3n) is 7.21. The molecule has 4 aromatic rings. The Hall–Kier alpha value is -3.48. The standard InChI is InChI=1S/C34H34N2O2S2/c1-25-15-19-29(20-16-25)39(37)33-13-7-3-9-27(33)23-35-31-11-5-6-12-32(31)36-24-28-10-4-8-14-34(28)40(38)30-21-17-26(2)18-22-30/h3-4,7-10,13-24,31-32H,5-6,11-12H2,1-2H3/t31-,32-,39?,40?/m0/s1. The highest BCUT2D eigenvalue weighted by molar-refractivity contribution is 7.85. The highest BCUT2D eigenvalue weighted by Gasteiger charge is 2.24. The maximum absolute atomic E-state index is 13.4. The molecular weight excluding hydrogens is 533 g/mol. The molecule has 2 unspecified atom stereocenters. The summed E-state index contributed by atoms with van der Waals surface area (Å²) in [5.41, 5.74) is 4.02. The molecule has 4 aromatic carbocycles. The first-order valence-electron chi connectivity index (χ1n) is 13.7. The molecule has 40 heavy (non-hydrogen) atoms. The van der Waals surface area contributed by atoms with E-state index in [1.54, 1.807) is 0 Å². The predicted octanol–water partition coefficient (Wildman–Crippen LogP) is 7.49. The fraction of sp³-hybridized carbons (Fsp3) is 0.235. The lowest BCUT2D eigenvalue weighted by atomic mass is 9.91. The predicted molar refractivity (Wildman–Crippen MR) is 166 cm³/mol. The van der Waals surface area contributed by atoms with Crippen LogP contribution in [-0.4, -0.2) is 32.9 Å². The van der Waals surface area contributed by atoms with Crippen LogP contribution < -0.4 is 0 Å². The SMILES string of the molecule is Cc1ccc(S(=O)c2ccccc2C=N[C@H]2CCCC[C@@H]2N=Cc2ccccc2S(=O)c2ccc(C)cc2)cc1. The molecule has 0 aromatic heterocycles. The minimum atomic E-state index is -1.28. The van der Waals surface area contributed by atoms with Gasteiger partial charge in [-0.15, -0.1) is 0 Å². The van der Waals surface area contributed by atoms with Crippen molar-refractivity contribution >= 4 is 34.0 Å². The van der Waals surface area contributed by atoms with Crippen molar-refractivity contribution in [3.05, 3.63) is 119 Å². The molecule has 1 aliphatic carbocycles. The van der Waals surface area contributed by atoms with Gasteiger partial charge in [-0.25, -0.2) is 8.42 Å². The molecular formula is C34H34N2O2S2. The molecule has 0 heterocycles. The maximum atomic E-state index is 13.4. The average Bonchev–Trinajstić information content (AvgIpc) is 3.00. The summed E-state index contributed by atoms with van der Waals surface area (Å²) >= 11 is 0. The zero-order chi connectivity index (χ0) is 27.9. The number of hydrogen-bond acceptors (Lipinski definition) is 4. The molecule has 0 radical (unpaired) electrons. The molecule has 204 valence electrons. The van der Waals surface area contributed by atoms with Crippen molar-refractivity contribution in [2.75, 3.05) is 0 Å². The molecule has 0 aliphatic heterocycles. The first-order valence-corrected chi connectivity index (χ1v) is 16.0. The van der Waals surface area contributed by atoms with Gasteiger partial charge in [-0.1, -0.05) is 84.6 Å². The van der Waals surface area contributed by atoms with E-state index in [1.807, 2.05) is 123 Å². The quantitative estimate of drug-likeness (QED) is 0.208. The van der Waals surface area contributed by atoms with Crippen LogP contribution in [0.15, 0.2) is 127 Å². The van der Waals surface area contributed by atoms with Crippen molar-refractivity contribution in [2.24, 2.45) is 9.98 Å². The maximum Gasteiger partial charge on any atom is 0.0856 e. The van der Waals surface area contributed by atoms with Gasteiger partial charge in [0, 0.05) is 33.3 Å². The Bertz CT molecular complexity index is 1440. The van der Waals surface area contributed by atoms with E-state index in [4.69, 9.17) is 9.98 Å². The van der Waals surface area contributed by atoms with Crippen LogP contribution in [0.5, 0.6) is 0 Å². The topological polar surface area (TPSA) is 58.9 Å². The van der Waals surface area contributed by atoms with Crippen molar-refractivity contribution in [1.29, 1.82) is 0 Å². The Labute approximate surface area is 242 Å². The van der Waals surface area contributed by atoms with Crippen LogP contribution in [0.3, 0.4) is 0 Å². The molecule has 0 amide bonds. The number of benzene rings is 4. The zero-order valence-corrected chi connectivity index (χ0v) is 24.5. The second-order valence-corrected chi connectivity index (χ2v) is 13.1. The number of aliphatic imine (C=N–C) groups is 2. The van der Waals surface area contributed by atoms with Gasteiger partial charge < -0.3 is 0 Å². The molecule has 0 saturated heterocycles. The van der Waals surface area contributed by atoms with E-state index >= 15 is 0 Å². The lowest BCUT2D eigenvalue weighted by molar-refractivity contribution is 0.390. The summed E-state index contributed by atoms with van der Waals surface area (Å²) in [6, 6.07) is 31.3. The third kappa shape index (κ3) is 6.80. The Morgan fingerprint density at radius 2 is 0.950 bits per heavy atom. The van der Waals surface area contributed by atoms with Crippen molar-refractivity contribution in [2.45, 2.75) is 71.2 Å². The Kier molecular flexibility index (Phi) is 9.30. The highest BCUT2D eigenvalue weighted by atomic mass is 32.2. The lowest BCUT2D eigenvalue weighted by Crippen LogP contribution is -2.27. The number of aryl methyl sites for hydroxylation is 2. The number of rotatable bonds is 8. The molecule has 0 spiro atoms. The van der Waals surface area contributed by atoms with Gasteiger partial charge >= 0.3 is 0 Å². The van der Waals surface area contributed by atoms with Crippen LogP contribution in [0, 0.1) is 13.8 Å². The Morgan fingerprint density at radius 3 is 1.35 bits per heavy atom. The fourth-order valence-electron chi connectivity index (χ4n) is 4.88. The monoisotopic (exact) mass is 566 g/mol. The molecule has 6 heteroatoms. The van der Waals surface area contributed by atoms with Crippen LogP contribution in [0.25, 0.3) is 0 Å². The van der Waals surface area contributed by atoms with Gasteiger partial charge in [0.25, 0.3) is 0 Å². The van der Waals surface area contributed by atoms with Crippen LogP contribution >= 0.6 is 0 Å². The van der Waals surface area contributed by atoms with Crippen molar-refractivity contribution in [3.63, 3.8) is 0 Å². The Morgan fingerprint density at radius 1 is 0.575 bits per heavy atom. The van der Waals surface area contributed by atoms with Gasteiger partial charge in [-0.3, -0.25) is 9.98 Å².